The molecule has 1 atom stereocenters. The number of aliphatic hydroxyl groups is 1. The van der Waals surface area contributed by atoms with Crippen LogP contribution < -0.4 is 0 Å². The van der Waals surface area contributed by atoms with Gasteiger partial charge in [-0.3, -0.25) is 14.5 Å². The molecule has 6 heteroatoms. The lowest BCUT2D eigenvalue weighted by molar-refractivity contribution is -0.140. The second-order valence-corrected chi connectivity index (χ2v) is 8.63. The maximum Gasteiger partial charge on any atom is 0.295 e. The maximum atomic E-state index is 13.1. The fraction of sp³-hybridized carbons (Fsp3) is 0.407. The number of aliphatic hydroxyl groups excluding tert-OH is 1. The molecule has 6 nitrogen and oxygen atoms in total. The molecule has 2 aromatic rings. The first-order valence-corrected chi connectivity index (χ1v) is 11.2. The van der Waals surface area contributed by atoms with Gasteiger partial charge in [0.15, 0.2) is 0 Å². The molecule has 176 valence electrons. The van der Waals surface area contributed by atoms with Crippen LogP contribution in [-0.4, -0.2) is 66.0 Å². The van der Waals surface area contributed by atoms with E-state index in [1.165, 1.54) is 5.56 Å². The Balaban J connectivity index is 0.00000306. The van der Waals surface area contributed by atoms with Gasteiger partial charge in [-0.2, -0.15) is 0 Å². The number of nitrogens with zero attached hydrogens (tertiary/aromatic N) is 2. The molecule has 4 rings (SSSR count). The minimum Gasteiger partial charge on any atom is -0.507 e. The molecule has 1 N–H and O–H groups in total. The molecule has 2 aromatic carbocycles. The van der Waals surface area contributed by atoms with Crippen molar-refractivity contribution in [2.24, 2.45) is 0 Å². The highest BCUT2D eigenvalue weighted by atomic mass is 16.5. The number of ether oxygens (including phenoxy) is 1. The highest BCUT2D eigenvalue weighted by Crippen LogP contribution is 2.39. The number of hydrogen-bond donors (Lipinski definition) is 1. The summed E-state index contributed by atoms with van der Waals surface area (Å²) in [6.07, 6.45) is 0. The van der Waals surface area contributed by atoms with Crippen LogP contribution in [0.15, 0.2) is 60.2 Å². The monoisotopic (exact) mass is 450 g/mol. The number of hydrogen-bond acceptors (Lipinski definition) is 5. The smallest absolute Gasteiger partial charge is 0.295 e. The molecule has 0 bridgehead atoms. The van der Waals surface area contributed by atoms with Crippen LogP contribution >= 0.6 is 0 Å². The number of rotatable bonds is 6. The van der Waals surface area contributed by atoms with Crippen LogP contribution in [0.3, 0.4) is 0 Å². The second-order valence-electron chi connectivity index (χ2n) is 8.63. The number of benzene rings is 2. The number of morpholine rings is 1. The lowest BCUT2D eigenvalue weighted by atomic mass is 9.93. The van der Waals surface area contributed by atoms with Crippen LogP contribution in [0.5, 0.6) is 0 Å². The van der Waals surface area contributed by atoms with Gasteiger partial charge in [-0.1, -0.05) is 75.9 Å². The Bertz CT molecular complexity index is 993. The molecule has 0 radical (unpaired) electrons. The van der Waals surface area contributed by atoms with E-state index >= 15 is 0 Å². The molecule has 0 aliphatic carbocycles. The average Bonchev–Trinajstić information content (AvgIpc) is 3.08. The molecular weight excluding hydrogens is 416 g/mol. The summed E-state index contributed by atoms with van der Waals surface area (Å²) < 4.78 is 5.41. The Morgan fingerprint density at radius 3 is 2.24 bits per heavy atom. The number of likely N-dealkylation sites (tertiary alicyclic amines) is 1. The summed E-state index contributed by atoms with van der Waals surface area (Å²) in [4.78, 5) is 30.0. The minimum atomic E-state index is -0.633. The molecule has 0 aromatic heterocycles. The predicted octanol–water partition coefficient (Wildman–Crippen LogP) is 4.20. The third kappa shape index (κ3) is 5.18. The highest BCUT2D eigenvalue weighted by molar-refractivity contribution is 6.46. The van der Waals surface area contributed by atoms with Crippen molar-refractivity contribution in [3.8, 4) is 0 Å². The Morgan fingerprint density at radius 1 is 1.00 bits per heavy atom. The SMILES string of the molecule is C.CC(C)c1ccc(C2C(=C(O)c3ccccc3)C(=O)C(=O)N2CCN2CCOCC2)cc1. The first-order valence-electron chi connectivity index (χ1n) is 11.2. The van der Waals surface area contributed by atoms with Gasteiger partial charge in [0.1, 0.15) is 5.76 Å². The number of Topliss-reactive ketones (excluding diaryl/α,β-unsaturated/α-hetero) is 1. The lowest BCUT2D eigenvalue weighted by Crippen LogP contribution is -2.42. The fourth-order valence-corrected chi connectivity index (χ4v) is 4.35. The first kappa shape index (κ1) is 24.7. The van der Waals surface area contributed by atoms with E-state index in [2.05, 4.69) is 18.7 Å². The van der Waals surface area contributed by atoms with Gasteiger partial charge in [-0.25, -0.2) is 0 Å². The Labute approximate surface area is 196 Å². The van der Waals surface area contributed by atoms with Crippen molar-refractivity contribution in [3.63, 3.8) is 0 Å². The summed E-state index contributed by atoms with van der Waals surface area (Å²) in [5.74, 6) is -0.947. The van der Waals surface area contributed by atoms with Crippen LogP contribution in [0, 0.1) is 0 Å². The van der Waals surface area contributed by atoms with Crippen molar-refractivity contribution in [2.45, 2.75) is 33.2 Å². The molecule has 0 saturated carbocycles. The zero-order valence-electron chi connectivity index (χ0n) is 18.7. The average molecular weight is 451 g/mol. The van der Waals surface area contributed by atoms with Crippen LogP contribution in [0.25, 0.3) is 5.76 Å². The molecule has 33 heavy (non-hydrogen) atoms. The topological polar surface area (TPSA) is 70.1 Å². The summed E-state index contributed by atoms with van der Waals surface area (Å²) in [7, 11) is 0. The summed E-state index contributed by atoms with van der Waals surface area (Å²) >= 11 is 0. The second kappa shape index (κ2) is 10.8. The van der Waals surface area contributed by atoms with Gasteiger partial charge in [0.05, 0.1) is 24.8 Å². The van der Waals surface area contributed by atoms with Crippen molar-refractivity contribution < 1.29 is 19.4 Å². The van der Waals surface area contributed by atoms with Gasteiger partial charge in [0.25, 0.3) is 11.7 Å². The Kier molecular flexibility index (Phi) is 8.06. The maximum absolute atomic E-state index is 13.1. The van der Waals surface area contributed by atoms with Crippen molar-refractivity contribution in [1.82, 2.24) is 9.80 Å². The van der Waals surface area contributed by atoms with Crippen molar-refractivity contribution in [3.05, 3.63) is 76.9 Å². The summed E-state index contributed by atoms with van der Waals surface area (Å²) in [6.45, 7) is 8.27. The predicted molar refractivity (Wildman–Crippen MR) is 130 cm³/mol. The van der Waals surface area contributed by atoms with E-state index in [1.807, 2.05) is 30.3 Å². The Morgan fingerprint density at radius 2 is 1.64 bits per heavy atom. The van der Waals surface area contributed by atoms with Crippen molar-refractivity contribution in [2.75, 3.05) is 39.4 Å². The van der Waals surface area contributed by atoms with E-state index in [0.29, 0.717) is 37.8 Å². The standard InChI is InChI=1S/C26H30N2O4.CH4/c1-18(2)19-8-10-20(11-9-19)23-22(24(29)21-6-4-3-5-7-21)25(30)26(31)28(23)13-12-27-14-16-32-17-15-27;/h3-11,18,23,29H,12-17H2,1-2H3;1H4. The molecule has 2 saturated heterocycles. The van der Waals surface area contributed by atoms with E-state index in [-0.39, 0.29) is 18.8 Å². The molecule has 1 unspecified atom stereocenters. The van der Waals surface area contributed by atoms with Crippen molar-refractivity contribution in [1.29, 1.82) is 0 Å². The van der Waals surface area contributed by atoms with Gasteiger partial charge >= 0.3 is 0 Å². The van der Waals surface area contributed by atoms with Gasteiger partial charge in [0, 0.05) is 31.7 Å². The Hall–Kier alpha value is -2.96. The molecular formula is C27H34N2O4. The number of ketones is 1. The zero-order chi connectivity index (χ0) is 22.7. The third-order valence-electron chi connectivity index (χ3n) is 6.27. The van der Waals surface area contributed by atoms with E-state index in [0.717, 1.165) is 18.7 Å². The van der Waals surface area contributed by atoms with Crippen LogP contribution in [-0.2, 0) is 14.3 Å². The largest absolute Gasteiger partial charge is 0.507 e. The van der Waals surface area contributed by atoms with E-state index in [4.69, 9.17) is 4.74 Å². The van der Waals surface area contributed by atoms with E-state index in [9.17, 15) is 14.7 Å². The van der Waals surface area contributed by atoms with Gasteiger partial charge in [-0.15, -0.1) is 0 Å². The highest BCUT2D eigenvalue weighted by Gasteiger charge is 2.46. The molecule has 1 amide bonds. The number of carbonyl (C=O) groups is 2. The van der Waals surface area contributed by atoms with Gasteiger partial charge in [0.2, 0.25) is 0 Å². The number of carbonyl (C=O) groups excluding carboxylic acids is 2. The van der Waals surface area contributed by atoms with Gasteiger partial charge < -0.3 is 14.7 Å². The zero-order valence-corrected chi connectivity index (χ0v) is 18.7. The molecule has 2 aliphatic heterocycles. The molecule has 2 aliphatic rings. The van der Waals surface area contributed by atoms with Crippen molar-refractivity contribution >= 4 is 17.4 Å². The molecule has 2 fully saturated rings. The van der Waals surface area contributed by atoms with Crippen LogP contribution in [0.2, 0.25) is 0 Å². The van der Waals surface area contributed by atoms with Crippen LogP contribution in [0.4, 0.5) is 0 Å². The first-order chi connectivity index (χ1) is 15.5. The van der Waals surface area contributed by atoms with Gasteiger partial charge in [-0.05, 0) is 17.0 Å². The fourth-order valence-electron chi connectivity index (χ4n) is 4.35. The summed E-state index contributed by atoms with van der Waals surface area (Å²) in [5.41, 5.74) is 2.69. The molecule has 2 heterocycles. The molecule has 0 spiro atoms. The summed E-state index contributed by atoms with van der Waals surface area (Å²) in [6, 6.07) is 16.3. The van der Waals surface area contributed by atoms with E-state index in [1.54, 1.807) is 29.2 Å². The van der Waals surface area contributed by atoms with E-state index < -0.39 is 17.7 Å². The number of amides is 1. The normalized spacial score (nSPS) is 20.8. The lowest BCUT2D eigenvalue weighted by Gasteiger charge is -2.31. The minimum absolute atomic E-state index is 0. The van der Waals surface area contributed by atoms with Crippen LogP contribution in [0.1, 0.15) is 49.9 Å². The quantitative estimate of drug-likeness (QED) is 0.406. The summed E-state index contributed by atoms with van der Waals surface area (Å²) in [5, 5.41) is 11.1. The third-order valence-corrected chi connectivity index (χ3v) is 6.27.